The van der Waals surface area contributed by atoms with E-state index in [1.807, 2.05) is 0 Å². The lowest BCUT2D eigenvalue weighted by atomic mass is 9.98. The van der Waals surface area contributed by atoms with Crippen molar-refractivity contribution in [3.8, 4) is 6.07 Å². The van der Waals surface area contributed by atoms with Gasteiger partial charge in [0.05, 0.1) is 0 Å². The van der Waals surface area contributed by atoms with Crippen molar-refractivity contribution in [2.45, 2.75) is 19.8 Å². The second-order valence-corrected chi connectivity index (χ2v) is 5.32. The Morgan fingerprint density at radius 1 is 1.18 bits per heavy atom. The van der Waals surface area contributed by atoms with Crippen LogP contribution in [-0.2, 0) is 6.42 Å². The van der Waals surface area contributed by atoms with E-state index in [4.69, 9.17) is 5.26 Å². The van der Waals surface area contributed by atoms with Crippen molar-refractivity contribution in [2.24, 2.45) is 0 Å². The van der Waals surface area contributed by atoms with Crippen LogP contribution in [0.25, 0.3) is 5.57 Å². The Balaban J connectivity index is 1.78. The van der Waals surface area contributed by atoms with E-state index in [0.29, 0.717) is 11.5 Å². The van der Waals surface area contributed by atoms with Crippen LogP contribution in [0.2, 0.25) is 0 Å². The van der Waals surface area contributed by atoms with Gasteiger partial charge in [-0.25, -0.2) is 9.97 Å². The lowest BCUT2D eigenvalue weighted by Crippen LogP contribution is -2.30. The number of aromatic nitrogens is 2. The summed E-state index contributed by atoms with van der Waals surface area (Å²) in [6.45, 7) is 3.79. The van der Waals surface area contributed by atoms with Crippen molar-refractivity contribution in [1.82, 2.24) is 9.97 Å². The molecule has 3 rings (SSSR count). The molecule has 110 valence electrons. The molecule has 1 aliphatic rings. The summed E-state index contributed by atoms with van der Waals surface area (Å²) in [5.41, 5.74) is 4.41. The van der Waals surface area contributed by atoms with Crippen molar-refractivity contribution >= 4 is 11.4 Å². The van der Waals surface area contributed by atoms with Crippen molar-refractivity contribution in [3.63, 3.8) is 0 Å². The van der Waals surface area contributed by atoms with Crippen LogP contribution in [0.15, 0.2) is 42.7 Å². The Labute approximate surface area is 130 Å². The molecule has 4 heteroatoms. The molecule has 0 spiro atoms. The van der Waals surface area contributed by atoms with Crippen molar-refractivity contribution in [1.29, 1.82) is 5.26 Å². The van der Waals surface area contributed by atoms with E-state index in [1.165, 1.54) is 16.7 Å². The summed E-state index contributed by atoms with van der Waals surface area (Å²) in [5.74, 6) is 0.682. The van der Waals surface area contributed by atoms with Gasteiger partial charge in [0, 0.05) is 25.5 Å². The van der Waals surface area contributed by atoms with E-state index in [2.05, 4.69) is 58.2 Å². The van der Waals surface area contributed by atoms with Gasteiger partial charge in [-0.3, -0.25) is 0 Å². The van der Waals surface area contributed by atoms with Gasteiger partial charge in [0.1, 0.15) is 6.07 Å². The maximum Gasteiger partial charge on any atom is 0.183 e. The fourth-order valence-electron chi connectivity index (χ4n) is 2.72. The number of aryl methyl sites for hydroxylation is 1. The van der Waals surface area contributed by atoms with Gasteiger partial charge in [-0.2, -0.15) is 5.26 Å². The van der Waals surface area contributed by atoms with Gasteiger partial charge >= 0.3 is 0 Å². The summed E-state index contributed by atoms with van der Waals surface area (Å²) >= 11 is 0. The number of rotatable bonds is 3. The topological polar surface area (TPSA) is 52.8 Å². The fourth-order valence-corrected chi connectivity index (χ4v) is 2.72. The van der Waals surface area contributed by atoms with E-state index in [9.17, 15) is 0 Å². The largest absolute Gasteiger partial charge is 0.350 e. The summed E-state index contributed by atoms with van der Waals surface area (Å²) in [5, 5.41) is 9.13. The smallest absolute Gasteiger partial charge is 0.183 e. The molecule has 0 N–H and O–H groups in total. The SMILES string of the molecule is CCc1ccc(C2=CCN(c3nccnc3C#N)CC2)cc1. The first kappa shape index (κ1) is 14.3. The highest BCUT2D eigenvalue weighted by molar-refractivity contribution is 5.69. The molecule has 0 amide bonds. The molecule has 0 unspecified atom stereocenters. The molecule has 1 aliphatic heterocycles. The number of nitrogens with zero attached hydrogens (tertiary/aromatic N) is 4. The lowest BCUT2D eigenvalue weighted by molar-refractivity contribution is 0.809. The summed E-state index contributed by atoms with van der Waals surface area (Å²) in [7, 11) is 0. The van der Waals surface area contributed by atoms with Crippen LogP contribution in [0, 0.1) is 11.3 Å². The summed E-state index contributed by atoms with van der Waals surface area (Å²) in [4.78, 5) is 10.5. The third-order valence-corrected chi connectivity index (χ3v) is 4.03. The Hall–Kier alpha value is -2.67. The van der Waals surface area contributed by atoms with Crippen LogP contribution >= 0.6 is 0 Å². The molecule has 0 saturated carbocycles. The summed E-state index contributed by atoms with van der Waals surface area (Å²) in [6, 6.07) is 10.9. The summed E-state index contributed by atoms with van der Waals surface area (Å²) < 4.78 is 0. The predicted octanol–water partition coefficient (Wildman–Crippen LogP) is 3.20. The molecular weight excluding hydrogens is 272 g/mol. The minimum Gasteiger partial charge on any atom is -0.350 e. The Morgan fingerprint density at radius 3 is 2.59 bits per heavy atom. The minimum atomic E-state index is 0.395. The van der Waals surface area contributed by atoms with E-state index in [-0.39, 0.29) is 0 Å². The van der Waals surface area contributed by atoms with Gasteiger partial charge < -0.3 is 4.90 Å². The number of benzene rings is 1. The molecular formula is C18H18N4. The van der Waals surface area contributed by atoms with E-state index in [1.54, 1.807) is 12.4 Å². The van der Waals surface area contributed by atoms with Crippen molar-refractivity contribution in [3.05, 3.63) is 59.6 Å². The summed E-state index contributed by atoms with van der Waals surface area (Å²) in [6.07, 6.45) is 7.44. The highest BCUT2D eigenvalue weighted by atomic mass is 15.2. The van der Waals surface area contributed by atoms with E-state index in [0.717, 1.165) is 25.9 Å². The van der Waals surface area contributed by atoms with Gasteiger partial charge in [0.25, 0.3) is 0 Å². The van der Waals surface area contributed by atoms with Crippen LogP contribution in [0.3, 0.4) is 0 Å². The molecule has 0 fully saturated rings. The van der Waals surface area contributed by atoms with Crippen LogP contribution in [0.1, 0.15) is 30.2 Å². The molecule has 0 saturated heterocycles. The predicted molar refractivity (Wildman–Crippen MR) is 87.4 cm³/mol. The standard InChI is InChI=1S/C18H18N4/c1-2-14-3-5-15(6-4-14)16-7-11-22(12-8-16)18-17(13-19)20-9-10-21-18/h3-7,9-10H,2,8,11-12H2,1H3. The molecule has 0 bridgehead atoms. The molecule has 2 heterocycles. The van der Waals surface area contributed by atoms with Crippen molar-refractivity contribution < 1.29 is 0 Å². The first-order valence-corrected chi connectivity index (χ1v) is 7.56. The minimum absolute atomic E-state index is 0.395. The average molecular weight is 290 g/mol. The number of anilines is 1. The lowest BCUT2D eigenvalue weighted by Gasteiger charge is -2.27. The second-order valence-electron chi connectivity index (χ2n) is 5.32. The molecule has 0 aliphatic carbocycles. The Bertz CT molecular complexity index is 725. The van der Waals surface area contributed by atoms with Gasteiger partial charge in [0.15, 0.2) is 11.5 Å². The fraction of sp³-hybridized carbons (Fsp3) is 0.278. The highest BCUT2D eigenvalue weighted by Crippen LogP contribution is 2.25. The normalized spacial score (nSPS) is 14.4. The first-order valence-electron chi connectivity index (χ1n) is 7.56. The Morgan fingerprint density at radius 2 is 1.95 bits per heavy atom. The van der Waals surface area contributed by atoms with E-state index >= 15 is 0 Å². The quantitative estimate of drug-likeness (QED) is 0.871. The zero-order valence-corrected chi connectivity index (χ0v) is 12.7. The molecule has 1 aromatic heterocycles. The van der Waals surface area contributed by atoms with Gasteiger partial charge in [-0.15, -0.1) is 0 Å². The van der Waals surface area contributed by atoms with E-state index < -0.39 is 0 Å². The second kappa shape index (κ2) is 6.40. The molecule has 4 nitrogen and oxygen atoms in total. The monoisotopic (exact) mass is 290 g/mol. The van der Waals surface area contributed by atoms with Crippen LogP contribution in [0.4, 0.5) is 5.82 Å². The zero-order chi connectivity index (χ0) is 15.4. The number of nitriles is 1. The molecule has 22 heavy (non-hydrogen) atoms. The van der Waals surface area contributed by atoms with Gasteiger partial charge in [0.2, 0.25) is 0 Å². The van der Waals surface area contributed by atoms with Gasteiger partial charge in [-0.05, 0) is 29.5 Å². The zero-order valence-electron chi connectivity index (χ0n) is 12.7. The molecule has 0 atom stereocenters. The Kier molecular flexibility index (Phi) is 4.15. The average Bonchev–Trinajstić information content (AvgIpc) is 2.62. The highest BCUT2D eigenvalue weighted by Gasteiger charge is 2.17. The van der Waals surface area contributed by atoms with Crippen LogP contribution in [-0.4, -0.2) is 23.1 Å². The van der Waals surface area contributed by atoms with Crippen LogP contribution in [0.5, 0.6) is 0 Å². The third-order valence-electron chi connectivity index (χ3n) is 4.03. The number of hydrogen-bond donors (Lipinski definition) is 0. The first-order chi connectivity index (χ1) is 10.8. The van der Waals surface area contributed by atoms with Crippen LogP contribution < -0.4 is 4.90 Å². The third kappa shape index (κ3) is 2.84. The maximum absolute atomic E-state index is 9.13. The van der Waals surface area contributed by atoms with Gasteiger partial charge in [-0.1, -0.05) is 37.3 Å². The maximum atomic E-state index is 9.13. The van der Waals surface area contributed by atoms with Crippen molar-refractivity contribution in [2.75, 3.05) is 18.0 Å². The molecule has 1 aromatic carbocycles. The molecule has 0 radical (unpaired) electrons. The molecule has 2 aromatic rings. The number of hydrogen-bond acceptors (Lipinski definition) is 4.